The van der Waals surface area contributed by atoms with Crippen LogP contribution in [0.4, 0.5) is 0 Å². The van der Waals surface area contributed by atoms with Crippen molar-refractivity contribution < 1.29 is 33.9 Å². The molecule has 0 saturated carbocycles. The van der Waals surface area contributed by atoms with E-state index in [0.29, 0.717) is 45.2 Å². The minimum absolute atomic E-state index is 0.0955. The second-order valence-corrected chi connectivity index (χ2v) is 13.0. The molecule has 13 heteroatoms. The molecule has 1 aromatic heterocycles. The smallest absolute Gasteiger partial charge is 0.252 e. The summed E-state index contributed by atoms with van der Waals surface area (Å²) in [5.74, 6) is -1.85. The highest BCUT2D eigenvalue weighted by atomic mass is 16.5. The predicted molar refractivity (Wildman–Crippen MR) is 180 cm³/mol. The number of likely N-dealkylation sites (N-methyl/N-ethyl adjacent to an activating group) is 1. The van der Waals surface area contributed by atoms with Gasteiger partial charge in [0.05, 0.1) is 11.6 Å². The lowest BCUT2D eigenvalue weighted by Gasteiger charge is -2.29. The number of pyridine rings is 1. The molecule has 6 atom stereocenters. The standard InChI is InChI=1S/C34H59N7O6/c1-10-14-27(38-34(46)29(23(9)11-2)40-30(42)24-15-17-41(47)18-16-24)32(44)37-25(19-21(5)6)20-36-26(12-3)31(43)39-28(22(7)8)33(45)35-13-4/h15-18,21-23,25-29,36H,10-14,19-20H2,1-9H3,(H5-,35,37,38,39,40,42,43,44,45,46,47)/p+1/t23-,25-,26-,27-,28-,29-/m0/s1. The summed E-state index contributed by atoms with van der Waals surface area (Å²) in [4.78, 5) is 65.7. The van der Waals surface area contributed by atoms with Crippen molar-refractivity contribution in [1.29, 1.82) is 0 Å². The van der Waals surface area contributed by atoms with Crippen molar-refractivity contribution >= 4 is 29.5 Å². The van der Waals surface area contributed by atoms with E-state index in [4.69, 9.17) is 0 Å². The van der Waals surface area contributed by atoms with E-state index < -0.39 is 36.0 Å². The number of amides is 5. The summed E-state index contributed by atoms with van der Waals surface area (Å²) in [5.41, 5.74) is 0.284. The Morgan fingerprint density at radius 1 is 0.745 bits per heavy atom. The van der Waals surface area contributed by atoms with Gasteiger partial charge < -0.3 is 31.9 Å². The molecule has 0 spiro atoms. The molecule has 0 aliphatic carbocycles. The number of hydrogen-bond donors (Lipinski definition) is 7. The molecule has 5 amide bonds. The van der Waals surface area contributed by atoms with Gasteiger partial charge in [-0.3, -0.25) is 29.2 Å². The lowest BCUT2D eigenvalue weighted by molar-refractivity contribution is -0.904. The minimum atomic E-state index is -0.882. The zero-order valence-electron chi connectivity index (χ0n) is 29.8. The predicted octanol–water partition coefficient (Wildman–Crippen LogP) is 1.82. The molecule has 7 N–H and O–H groups in total. The van der Waals surface area contributed by atoms with E-state index >= 15 is 0 Å². The molecule has 0 aliphatic rings. The van der Waals surface area contributed by atoms with Gasteiger partial charge in [-0.05, 0) is 43.9 Å². The Kier molecular flexibility index (Phi) is 18.6. The second-order valence-electron chi connectivity index (χ2n) is 13.0. The SMILES string of the molecule is CCC[C@H](NC(=O)[C@@H](NC(=O)c1cc[n+](O)cc1)[C@@H](C)CC)C(=O)N[C@H](CN[C@@H](CC)C(=O)N[C@H](C(=O)NCC)C(C)C)CC(C)C. The maximum atomic E-state index is 13.6. The van der Waals surface area contributed by atoms with Crippen LogP contribution in [0.5, 0.6) is 0 Å². The number of aromatic nitrogens is 1. The fourth-order valence-electron chi connectivity index (χ4n) is 5.16. The summed E-state index contributed by atoms with van der Waals surface area (Å²) in [5, 5.41) is 27.1. The van der Waals surface area contributed by atoms with E-state index in [1.165, 1.54) is 24.5 Å². The lowest BCUT2D eigenvalue weighted by atomic mass is 9.97. The monoisotopic (exact) mass is 662 g/mol. The van der Waals surface area contributed by atoms with Gasteiger partial charge in [0.2, 0.25) is 36.0 Å². The largest absolute Gasteiger partial charge is 0.355 e. The van der Waals surface area contributed by atoms with Crippen molar-refractivity contribution in [3.8, 4) is 0 Å². The van der Waals surface area contributed by atoms with Gasteiger partial charge in [-0.15, -0.1) is 0 Å². The molecule has 0 bridgehead atoms. The van der Waals surface area contributed by atoms with Gasteiger partial charge >= 0.3 is 0 Å². The Balaban J connectivity index is 3.03. The highest BCUT2D eigenvalue weighted by molar-refractivity contribution is 5.98. The van der Waals surface area contributed by atoms with Crippen LogP contribution < -0.4 is 36.6 Å². The Labute approximate surface area is 280 Å². The highest BCUT2D eigenvalue weighted by Crippen LogP contribution is 2.12. The van der Waals surface area contributed by atoms with E-state index in [1.807, 2.05) is 62.3 Å². The van der Waals surface area contributed by atoms with Crippen LogP contribution in [0.1, 0.15) is 105 Å². The van der Waals surface area contributed by atoms with Crippen molar-refractivity contribution in [2.45, 2.75) is 125 Å². The van der Waals surface area contributed by atoms with Crippen LogP contribution in [0.25, 0.3) is 0 Å². The van der Waals surface area contributed by atoms with Crippen molar-refractivity contribution in [3.05, 3.63) is 30.1 Å². The molecule has 266 valence electrons. The first kappa shape index (κ1) is 41.3. The molecule has 1 rings (SSSR count). The Bertz CT molecular complexity index is 1140. The van der Waals surface area contributed by atoms with E-state index in [0.717, 1.165) is 4.73 Å². The number of carbonyl (C=O) groups excluding carboxylic acids is 5. The van der Waals surface area contributed by atoms with Crippen LogP contribution >= 0.6 is 0 Å². The van der Waals surface area contributed by atoms with E-state index in [1.54, 1.807) is 0 Å². The van der Waals surface area contributed by atoms with E-state index in [-0.39, 0.29) is 47.1 Å². The van der Waals surface area contributed by atoms with Gasteiger partial charge in [-0.25, -0.2) is 0 Å². The average molecular weight is 663 g/mol. The average Bonchev–Trinajstić information content (AvgIpc) is 3.01. The van der Waals surface area contributed by atoms with Crippen molar-refractivity contribution in [1.82, 2.24) is 31.9 Å². The molecule has 1 heterocycles. The van der Waals surface area contributed by atoms with Crippen molar-refractivity contribution in [3.63, 3.8) is 0 Å². The maximum absolute atomic E-state index is 13.6. The summed E-state index contributed by atoms with van der Waals surface area (Å²) in [7, 11) is 0. The third kappa shape index (κ3) is 14.3. The van der Waals surface area contributed by atoms with Gasteiger partial charge in [-0.1, -0.05) is 68.2 Å². The summed E-state index contributed by atoms with van der Waals surface area (Å²) in [6.45, 7) is 18.0. The first-order valence-electron chi connectivity index (χ1n) is 17.1. The molecule has 13 nitrogen and oxygen atoms in total. The van der Waals surface area contributed by atoms with Crippen LogP contribution in [0, 0.1) is 17.8 Å². The normalized spacial score (nSPS) is 15.1. The number of hydrogen-bond acceptors (Lipinski definition) is 7. The lowest BCUT2D eigenvalue weighted by Crippen LogP contribution is -2.58. The minimum Gasteiger partial charge on any atom is -0.355 e. The molecular weight excluding hydrogens is 602 g/mol. The topological polar surface area (TPSA) is 182 Å². The van der Waals surface area contributed by atoms with Gasteiger partial charge in [0.25, 0.3) is 5.91 Å². The fraction of sp³-hybridized carbons (Fsp3) is 0.706. The molecule has 0 fully saturated rings. The Morgan fingerprint density at radius 2 is 1.36 bits per heavy atom. The third-order valence-corrected chi connectivity index (χ3v) is 8.10. The number of rotatable bonds is 21. The molecule has 0 radical (unpaired) electrons. The van der Waals surface area contributed by atoms with Gasteiger partial charge in [0.1, 0.15) is 18.1 Å². The second kappa shape index (κ2) is 21.2. The highest BCUT2D eigenvalue weighted by Gasteiger charge is 2.32. The van der Waals surface area contributed by atoms with E-state index in [9.17, 15) is 29.2 Å². The van der Waals surface area contributed by atoms with Crippen molar-refractivity contribution in [2.24, 2.45) is 17.8 Å². The third-order valence-electron chi connectivity index (χ3n) is 8.10. The van der Waals surface area contributed by atoms with Crippen LogP contribution in [-0.2, 0) is 19.2 Å². The Morgan fingerprint density at radius 3 is 1.87 bits per heavy atom. The van der Waals surface area contributed by atoms with Gasteiger partial charge in [0.15, 0.2) is 0 Å². The van der Waals surface area contributed by atoms with Crippen LogP contribution in [0.3, 0.4) is 0 Å². The summed E-state index contributed by atoms with van der Waals surface area (Å²) in [6, 6.07) is -0.396. The Hall–Kier alpha value is -3.74. The zero-order chi connectivity index (χ0) is 35.7. The molecule has 0 saturated heterocycles. The first-order chi connectivity index (χ1) is 22.2. The molecule has 0 aromatic carbocycles. The molecule has 47 heavy (non-hydrogen) atoms. The van der Waals surface area contributed by atoms with Crippen LogP contribution in [0.2, 0.25) is 0 Å². The molecule has 0 aliphatic heterocycles. The van der Waals surface area contributed by atoms with Gasteiger partial charge in [0, 0.05) is 36.0 Å². The summed E-state index contributed by atoms with van der Waals surface area (Å²) < 4.78 is 0.819. The first-order valence-corrected chi connectivity index (χ1v) is 17.1. The van der Waals surface area contributed by atoms with Crippen molar-refractivity contribution in [2.75, 3.05) is 13.1 Å². The van der Waals surface area contributed by atoms with Gasteiger partial charge in [-0.2, -0.15) is 0 Å². The van der Waals surface area contributed by atoms with E-state index in [2.05, 4.69) is 31.9 Å². The molecule has 1 aromatic rings. The number of carbonyl (C=O) groups is 5. The maximum Gasteiger partial charge on any atom is 0.252 e. The molecular formula is C34H60N7O6+. The van der Waals surface area contributed by atoms with Crippen LogP contribution in [0.15, 0.2) is 24.5 Å². The summed E-state index contributed by atoms with van der Waals surface area (Å²) in [6.07, 6.45) is 5.40. The quantitative estimate of drug-likeness (QED) is 0.0774. The number of nitrogens with one attached hydrogen (secondary N) is 6. The number of nitrogens with zero attached hydrogens (tertiary/aromatic N) is 1. The summed E-state index contributed by atoms with van der Waals surface area (Å²) >= 11 is 0. The fourth-order valence-corrected chi connectivity index (χ4v) is 5.16. The van der Waals surface area contributed by atoms with Crippen LogP contribution in [-0.4, -0.2) is 78.0 Å². The zero-order valence-corrected chi connectivity index (χ0v) is 29.8. The molecule has 0 unspecified atom stereocenters.